The van der Waals surface area contributed by atoms with Crippen molar-refractivity contribution in [3.05, 3.63) is 17.5 Å². The number of aromatic nitrogens is 2. The van der Waals surface area contributed by atoms with Crippen LogP contribution in [0.1, 0.15) is 24.1 Å². The van der Waals surface area contributed by atoms with E-state index in [0.29, 0.717) is 19.4 Å². The molecular formula is C16H27N5O3S. The number of sulfonamides is 1. The largest absolute Gasteiger partial charge is 0.359 e. The van der Waals surface area contributed by atoms with Gasteiger partial charge in [0.05, 0.1) is 16.9 Å². The van der Waals surface area contributed by atoms with E-state index in [1.54, 1.807) is 18.8 Å². The zero-order chi connectivity index (χ0) is 18.4. The molecule has 9 heteroatoms. The van der Waals surface area contributed by atoms with Crippen molar-refractivity contribution in [2.45, 2.75) is 32.4 Å². The molecule has 3 rings (SSSR count). The Kier molecular flexibility index (Phi) is 4.67. The Hall–Kier alpha value is -1.45. The summed E-state index contributed by atoms with van der Waals surface area (Å²) < 4.78 is 27.8. The highest BCUT2D eigenvalue weighted by Gasteiger charge is 2.55. The first-order valence-corrected chi connectivity index (χ1v) is 10.2. The summed E-state index contributed by atoms with van der Waals surface area (Å²) in [4.78, 5) is 15.0. The summed E-state index contributed by atoms with van der Waals surface area (Å²) in [5, 5.41) is 7.15. The number of nitrogens with one attached hydrogen (secondary N) is 1. The number of likely N-dealkylation sites (tertiary alicyclic amines) is 1. The van der Waals surface area contributed by atoms with Crippen LogP contribution in [-0.4, -0.2) is 72.3 Å². The second-order valence-electron chi connectivity index (χ2n) is 7.25. The summed E-state index contributed by atoms with van der Waals surface area (Å²) in [6.07, 6.45) is 3.03. The molecule has 0 aliphatic carbocycles. The Morgan fingerprint density at radius 3 is 2.76 bits per heavy atom. The van der Waals surface area contributed by atoms with Gasteiger partial charge in [0.25, 0.3) is 0 Å². The lowest BCUT2D eigenvalue weighted by Crippen LogP contribution is -2.66. The summed E-state index contributed by atoms with van der Waals surface area (Å²) in [6.45, 7) is 4.03. The molecule has 0 spiro atoms. The quantitative estimate of drug-likeness (QED) is 0.790. The van der Waals surface area contributed by atoms with Gasteiger partial charge in [0.1, 0.15) is 0 Å². The van der Waals surface area contributed by atoms with E-state index in [1.807, 2.05) is 20.2 Å². The van der Waals surface area contributed by atoms with Crippen LogP contribution < -0.4 is 5.32 Å². The first-order chi connectivity index (χ1) is 11.7. The van der Waals surface area contributed by atoms with Crippen LogP contribution >= 0.6 is 0 Å². The SMILES string of the molecule is CNC(=O)[C@]12CCS(=O)(=O)N(C)[C@@H]1CCN(Cc1cn(C)nc1C)C2. The fraction of sp³-hybridized carbons (Fsp3) is 0.750. The molecule has 0 unspecified atom stereocenters. The molecule has 0 radical (unpaired) electrons. The van der Waals surface area contributed by atoms with Crippen LogP contribution in [0.15, 0.2) is 6.20 Å². The van der Waals surface area contributed by atoms with Gasteiger partial charge in [0.15, 0.2) is 0 Å². The summed E-state index contributed by atoms with van der Waals surface area (Å²) in [5.41, 5.74) is 1.44. The van der Waals surface area contributed by atoms with Crippen molar-refractivity contribution in [3.63, 3.8) is 0 Å². The topological polar surface area (TPSA) is 87.5 Å². The van der Waals surface area contributed by atoms with Gasteiger partial charge >= 0.3 is 0 Å². The smallest absolute Gasteiger partial charge is 0.228 e. The van der Waals surface area contributed by atoms with Crippen LogP contribution in [-0.2, 0) is 28.4 Å². The van der Waals surface area contributed by atoms with Gasteiger partial charge in [-0.25, -0.2) is 12.7 Å². The number of piperidine rings is 1. The minimum absolute atomic E-state index is 0.0210. The third kappa shape index (κ3) is 3.09. The standard InChI is InChI=1S/C16H27N5O3S/c1-12-13(9-19(3)18-12)10-21-7-5-14-16(11-21,15(22)17-2)6-8-25(23,24)20(14)4/h9,14H,5-8,10-11H2,1-4H3,(H,17,22)/t14-,16+/m1/s1. The monoisotopic (exact) mass is 369 g/mol. The lowest BCUT2D eigenvalue weighted by atomic mass is 9.72. The third-order valence-corrected chi connectivity index (χ3v) is 7.59. The van der Waals surface area contributed by atoms with Gasteiger partial charge in [-0.2, -0.15) is 5.10 Å². The van der Waals surface area contributed by atoms with Crippen LogP contribution in [0, 0.1) is 12.3 Å². The first-order valence-electron chi connectivity index (χ1n) is 8.59. The second kappa shape index (κ2) is 6.37. The molecule has 0 saturated carbocycles. The van der Waals surface area contributed by atoms with Crippen molar-refractivity contribution in [2.24, 2.45) is 12.5 Å². The average Bonchev–Trinajstić information content (AvgIpc) is 2.88. The molecule has 2 aliphatic heterocycles. The van der Waals surface area contributed by atoms with Gasteiger partial charge in [-0.15, -0.1) is 0 Å². The van der Waals surface area contributed by atoms with Crippen molar-refractivity contribution in [3.8, 4) is 0 Å². The highest BCUT2D eigenvalue weighted by molar-refractivity contribution is 7.89. The Morgan fingerprint density at radius 1 is 1.44 bits per heavy atom. The number of nitrogens with zero attached hydrogens (tertiary/aromatic N) is 4. The van der Waals surface area contributed by atoms with E-state index >= 15 is 0 Å². The third-order valence-electron chi connectivity index (χ3n) is 5.73. The van der Waals surface area contributed by atoms with Gasteiger partial charge in [-0.3, -0.25) is 14.4 Å². The molecule has 25 heavy (non-hydrogen) atoms. The van der Waals surface area contributed by atoms with Crippen LogP contribution in [0.25, 0.3) is 0 Å². The number of hydrogen-bond acceptors (Lipinski definition) is 5. The average molecular weight is 369 g/mol. The van der Waals surface area contributed by atoms with E-state index in [2.05, 4.69) is 15.3 Å². The van der Waals surface area contributed by atoms with Gasteiger partial charge in [-0.05, 0) is 19.8 Å². The van der Waals surface area contributed by atoms with Gasteiger partial charge in [-0.1, -0.05) is 0 Å². The number of aryl methyl sites for hydroxylation is 2. The highest BCUT2D eigenvalue weighted by Crippen LogP contribution is 2.42. The van der Waals surface area contributed by atoms with Crippen LogP contribution in [0.3, 0.4) is 0 Å². The first kappa shape index (κ1) is 18.3. The predicted molar refractivity (Wildman–Crippen MR) is 94.3 cm³/mol. The molecule has 0 aromatic carbocycles. The molecule has 2 saturated heterocycles. The van der Waals surface area contributed by atoms with Crippen molar-refractivity contribution in [2.75, 3.05) is 32.9 Å². The summed E-state index contributed by atoms with van der Waals surface area (Å²) in [7, 11) is 1.86. The van der Waals surface area contributed by atoms with Crippen molar-refractivity contribution in [1.29, 1.82) is 0 Å². The highest BCUT2D eigenvalue weighted by atomic mass is 32.2. The van der Waals surface area contributed by atoms with Gasteiger partial charge in [0, 0.05) is 58.6 Å². The lowest BCUT2D eigenvalue weighted by Gasteiger charge is -2.52. The zero-order valence-electron chi connectivity index (χ0n) is 15.3. The molecule has 2 atom stereocenters. The van der Waals surface area contributed by atoms with E-state index in [0.717, 1.165) is 24.3 Å². The summed E-state index contributed by atoms with van der Waals surface area (Å²) in [6, 6.07) is -0.280. The molecule has 8 nitrogen and oxygen atoms in total. The summed E-state index contributed by atoms with van der Waals surface area (Å²) in [5.74, 6) is -0.0421. The predicted octanol–water partition coefficient (Wildman–Crippen LogP) is -0.299. The molecule has 1 aromatic heterocycles. The second-order valence-corrected chi connectivity index (χ2v) is 9.39. The zero-order valence-corrected chi connectivity index (χ0v) is 16.1. The molecule has 2 aliphatic rings. The van der Waals surface area contributed by atoms with E-state index in [1.165, 1.54) is 4.31 Å². The number of amides is 1. The molecule has 1 aromatic rings. The fourth-order valence-electron chi connectivity index (χ4n) is 4.35. The number of rotatable bonds is 3. The number of carbonyl (C=O) groups excluding carboxylic acids is 1. The van der Waals surface area contributed by atoms with Crippen molar-refractivity contribution in [1.82, 2.24) is 24.3 Å². The molecule has 1 N–H and O–H groups in total. The molecule has 3 heterocycles. The molecule has 1 amide bonds. The van der Waals surface area contributed by atoms with E-state index in [-0.39, 0.29) is 17.7 Å². The fourth-order valence-corrected chi connectivity index (χ4v) is 5.96. The van der Waals surface area contributed by atoms with Gasteiger partial charge < -0.3 is 5.32 Å². The van der Waals surface area contributed by atoms with E-state index in [4.69, 9.17) is 0 Å². The Bertz CT molecular complexity index is 775. The minimum atomic E-state index is -3.27. The van der Waals surface area contributed by atoms with E-state index < -0.39 is 15.4 Å². The number of hydrogen-bond donors (Lipinski definition) is 1. The molecule has 140 valence electrons. The molecule has 2 fully saturated rings. The van der Waals surface area contributed by atoms with Gasteiger partial charge in [0.2, 0.25) is 15.9 Å². The van der Waals surface area contributed by atoms with Crippen molar-refractivity contribution >= 4 is 15.9 Å². The number of fused-ring (bicyclic) bond motifs is 1. The maximum absolute atomic E-state index is 12.8. The lowest BCUT2D eigenvalue weighted by molar-refractivity contribution is -0.139. The number of carbonyl (C=O) groups is 1. The van der Waals surface area contributed by atoms with Crippen LogP contribution in [0.2, 0.25) is 0 Å². The van der Waals surface area contributed by atoms with Crippen LogP contribution in [0.5, 0.6) is 0 Å². The maximum Gasteiger partial charge on any atom is 0.228 e. The molecular weight excluding hydrogens is 342 g/mol. The summed E-state index contributed by atoms with van der Waals surface area (Å²) >= 11 is 0. The minimum Gasteiger partial charge on any atom is -0.359 e. The maximum atomic E-state index is 12.8. The van der Waals surface area contributed by atoms with Crippen LogP contribution in [0.4, 0.5) is 0 Å². The Morgan fingerprint density at radius 2 is 2.16 bits per heavy atom. The normalized spacial score (nSPS) is 30.0. The molecule has 0 bridgehead atoms. The van der Waals surface area contributed by atoms with Crippen molar-refractivity contribution < 1.29 is 13.2 Å². The Labute approximate surface area is 149 Å². The van der Waals surface area contributed by atoms with E-state index in [9.17, 15) is 13.2 Å². The Balaban J connectivity index is 1.87.